The van der Waals surface area contributed by atoms with Crippen LogP contribution in [0.25, 0.3) is 0 Å². The van der Waals surface area contributed by atoms with Crippen LogP contribution in [-0.2, 0) is 16.0 Å². The summed E-state index contributed by atoms with van der Waals surface area (Å²) in [4.78, 5) is 35.8. The number of amides is 1. The standard InChI is InChI=1S/C28H36N2O5/c31-26(32)18-22(12-11-20-7-3-1-4-8-20)19-29-25(17-21-9-5-2-6-10-21)27(33)30-24-15-13-23(14-16-24)28(34)35/h1,3-4,7-8,13-16,21-22,25,29H,2,5-6,9-12,17-19H2,(H,30,33)(H,31,32)(H,34,35). The van der Waals surface area contributed by atoms with E-state index in [1.807, 2.05) is 30.3 Å². The van der Waals surface area contributed by atoms with Crippen LogP contribution in [0.15, 0.2) is 54.6 Å². The van der Waals surface area contributed by atoms with Gasteiger partial charge in [0.05, 0.1) is 11.6 Å². The monoisotopic (exact) mass is 480 g/mol. The number of hydrogen-bond donors (Lipinski definition) is 4. The Morgan fingerprint density at radius 2 is 1.60 bits per heavy atom. The van der Waals surface area contributed by atoms with E-state index in [0.717, 1.165) is 25.7 Å². The number of benzene rings is 2. The van der Waals surface area contributed by atoms with Crippen molar-refractivity contribution in [2.45, 2.75) is 63.8 Å². The molecule has 1 saturated carbocycles. The second kappa shape index (κ2) is 13.6. The molecule has 4 N–H and O–H groups in total. The van der Waals surface area contributed by atoms with E-state index in [2.05, 4.69) is 10.6 Å². The minimum atomic E-state index is -1.01. The van der Waals surface area contributed by atoms with Gasteiger partial charge in [-0.25, -0.2) is 4.79 Å². The van der Waals surface area contributed by atoms with Crippen molar-refractivity contribution >= 4 is 23.5 Å². The van der Waals surface area contributed by atoms with Gasteiger partial charge < -0.3 is 20.8 Å². The van der Waals surface area contributed by atoms with Gasteiger partial charge in [0.15, 0.2) is 0 Å². The molecule has 0 aliphatic heterocycles. The van der Waals surface area contributed by atoms with Gasteiger partial charge in [0.25, 0.3) is 0 Å². The van der Waals surface area contributed by atoms with Crippen LogP contribution in [0.4, 0.5) is 5.69 Å². The summed E-state index contributed by atoms with van der Waals surface area (Å²) in [5.74, 6) is -1.65. The summed E-state index contributed by atoms with van der Waals surface area (Å²) in [6.45, 7) is 0.446. The maximum atomic E-state index is 13.2. The Bertz CT molecular complexity index is 955. The number of rotatable bonds is 13. The zero-order valence-corrected chi connectivity index (χ0v) is 20.1. The molecule has 1 aliphatic carbocycles. The summed E-state index contributed by atoms with van der Waals surface area (Å²) in [5.41, 5.74) is 1.88. The minimum Gasteiger partial charge on any atom is -0.481 e. The molecule has 0 spiro atoms. The first-order valence-corrected chi connectivity index (χ1v) is 12.5. The van der Waals surface area contributed by atoms with E-state index in [9.17, 15) is 19.5 Å². The Labute approximate surface area is 206 Å². The van der Waals surface area contributed by atoms with Gasteiger partial charge in [-0.3, -0.25) is 9.59 Å². The lowest BCUT2D eigenvalue weighted by molar-refractivity contribution is -0.138. The van der Waals surface area contributed by atoms with Crippen molar-refractivity contribution in [2.75, 3.05) is 11.9 Å². The molecule has 2 atom stereocenters. The molecular formula is C28H36N2O5. The van der Waals surface area contributed by atoms with Crippen LogP contribution in [0.3, 0.4) is 0 Å². The normalized spacial score (nSPS) is 15.8. The average molecular weight is 481 g/mol. The topological polar surface area (TPSA) is 116 Å². The molecule has 3 rings (SSSR count). The van der Waals surface area contributed by atoms with Crippen molar-refractivity contribution in [1.82, 2.24) is 5.32 Å². The summed E-state index contributed by atoms with van der Waals surface area (Å²) in [5, 5.41) is 24.8. The molecule has 188 valence electrons. The van der Waals surface area contributed by atoms with Crippen molar-refractivity contribution in [1.29, 1.82) is 0 Å². The highest BCUT2D eigenvalue weighted by molar-refractivity contribution is 5.95. The third-order valence-corrected chi connectivity index (χ3v) is 6.81. The third kappa shape index (κ3) is 9.17. The van der Waals surface area contributed by atoms with Crippen LogP contribution < -0.4 is 10.6 Å². The second-order valence-corrected chi connectivity index (χ2v) is 9.56. The Morgan fingerprint density at radius 1 is 0.914 bits per heavy atom. The number of hydrogen-bond acceptors (Lipinski definition) is 4. The molecule has 0 heterocycles. The van der Waals surface area contributed by atoms with Gasteiger partial charge in [0.2, 0.25) is 5.91 Å². The first kappa shape index (κ1) is 26.4. The van der Waals surface area contributed by atoms with Crippen LogP contribution in [-0.4, -0.2) is 40.6 Å². The molecule has 2 aromatic rings. The smallest absolute Gasteiger partial charge is 0.335 e. The van der Waals surface area contributed by atoms with Crippen molar-refractivity contribution in [3.8, 4) is 0 Å². The van der Waals surface area contributed by atoms with Crippen molar-refractivity contribution in [3.63, 3.8) is 0 Å². The maximum absolute atomic E-state index is 13.2. The van der Waals surface area contributed by atoms with E-state index in [-0.39, 0.29) is 23.8 Å². The van der Waals surface area contributed by atoms with E-state index in [1.54, 1.807) is 12.1 Å². The zero-order valence-electron chi connectivity index (χ0n) is 20.1. The quantitative estimate of drug-likeness (QED) is 0.322. The van der Waals surface area contributed by atoms with Crippen molar-refractivity contribution in [2.24, 2.45) is 11.8 Å². The molecule has 7 heteroatoms. The number of aromatic carboxylic acids is 1. The van der Waals surface area contributed by atoms with E-state index in [0.29, 0.717) is 24.6 Å². The Balaban J connectivity index is 1.64. The van der Waals surface area contributed by atoms with Gasteiger partial charge in [0.1, 0.15) is 0 Å². The molecular weight excluding hydrogens is 444 g/mol. The molecule has 0 radical (unpaired) electrons. The molecule has 0 saturated heterocycles. The first-order valence-electron chi connectivity index (χ1n) is 12.5. The van der Waals surface area contributed by atoms with Crippen molar-refractivity contribution in [3.05, 3.63) is 65.7 Å². The van der Waals surface area contributed by atoms with Gasteiger partial charge in [-0.05, 0) is 67.5 Å². The van der Waals surface area contributed by atoms with E-state index in [1.165, 1.54) is 37.0 Å². The Kier molecular flexibility index (Phi) is 10.3. The summed E-state index contributed by atoms with van der Waals surface area (Å²) in [6, 6.07) is 15.7. The fourth-order valence-electron chi connectivity index (χ4n) is 4.81. The van der Waals surface area contributed by atoms with Crippen LogP contribution in [0.1, 0.15) is 67.3 Å². The molecule has 0 bridgehead atoms. The van der Waals surface area contributed by atoms with Gasteiger partial charge in [0, 0.05) is 12.1 Å². The minimum absolute atomic E-state index is 0.0499. The van der Waals surface area contributed by atoms with Crippen LogP contribution in [0, 0.1) is 11.8 Å². The zero-order chi connectivity index (χ0) is 25.0. The molecule has 35 heavy (non-hydrogen) atoms. The fraction of sp³-hybridized carbons (Fsp3) is 0.464. The molecule has 1 aliphatic rings. The largest absolute Gasteiger partial charge is 0.481 e. The van der Waals surface area contributed by atoms with Gasteiger partial charge in [-0.15, -0.1) is 0 Å². The van der Waals surface area contributed by atoms with Gasteiger partial charge in [-0.1, -0.05) is 62.4 Å². The summed E-state index contributed by atoms with van der Waals surface area (Å²) in [7, 11) is 0. The number of anilines is 1. The molecule has 2 aromatic carbocycles. The maximum Gasteiger partial charge on any atom is 0.335 e. The van der Waals surface area contributed by atoms with E-state index in [4.69, 9.17) is 5.11 Å². The SMILES string of the molecule is O=C(O)CC(CCc1ccccc1)CNC(CC1CCCCC1)C(=O)Nc1ccc(C(=O)O)cc1. The lowest BCUT2D eigenvalue weighted by atomic mass is 9.84. The van der Waals surface area contributed by atoms with Crippen molar-refractivity contribution < 1.29 is 24.6 Å². The molecule has 1 fully saturated rings. The highest BCUT2D eigenvalue weighted by Gasteiger charge is 2.26. The number of carbonyl (C=O) groups excluding carboxylic acids is 1. The van der Waals surface area contributed by atoms with Crippen LogP contribution in [0.5, 0.6) is 0 Å². The molecule has 0 aromatic heterocycles. The lowest BCUT2D eigenvalue weighted by Crippen LogP contribution is -2.44. The number of carbonyl (C=O) groups is 3. The molecule has 7 nitrogen and oxygen atoms in total. The Morgan fingerprint density at radius 3 is 2.23 bits per heavy atom. The predicted octanol–water partition coefficient (Wildman–Crippen LogP) is 4.98. The lowest BCUT2D eigenvalue weighted by Gasteiger charge is -2.28. The summed E-state index contributed by atoms with van der Waals surface area (Å²) < 4.78 is 0. The first-order chi connectivity index (χ1) is 16.9. The van der Waals surface area contributed by atoms with Gasteiger partial charge >= 0.3 is 11.9 Å². The highest BCUT2D eigenvalue weighted by Crippen LogP contribution is 2.28. The van der Waals surface area contributed by atoms with Gasteiger partial charge in [-0.2, -0.15) is 0 Å². The number of carboxylic acid groups (broad SMARTS) is 2. The molecule has 2 unspecified atom stereocenters. The van der Waals surface area contributed by atoms with Crippen LogP contribution >= 0.6 is 0 Å². The summed E-state index contributed by atoms with van der Waals surface area (Å²) in [6.07, 6.45) is 8.05. The number of aliphatic carboxylic acids is 1. The summed E-state index contributed by atoms with van der Waals surface area (Å²) >= 11 is 0. The number of aryl methyl sites for hydroxylation is 1. The van der Waals surface area contributed by atoms with Crippen LogP contribution in [0.2, 0.25) is 0 Å². The Hall–Kier alpha value is -3.19. The molecule has 1 amide bonds. The second-order valence-electron chi connectivity index (χ2n) is 9.56. The number of nitrogens with one attached hydrogen (secondary N) is 2. The average Bonchev–Trinajstić information content (AvgIpc) is 2.86. The highest BCUT2D eigenvalue weighted by atomic mass is 16.4. The number of carboxylic acids is 2. The predicted molar refractivity (Wildman–Crippen MR) is 136 cm³/mol. The van der Waals surface area contributed by atoms with E-state index < -0.39 is 18.0 Å². The fourth-order valence-corrected chi connectivity index (χ4v) is 4.81. The third-order valence-electron chi connectivity index (χ3n) is 6.81. The van der Waals surface area contributed by atoms with E-state index >= 15 is 0 Å².